The molecule has 24 heavy (non-hydrogen) atoms. The van der Waals surface area contributed by atoms with E-state index < -0.39 is 5.41 Å². The molecule has 0 aromatic carbocycles. The van der Waals surface area contributed by atoms with E-state index in [0.29, 0.717) is 24.8 Å². The Bertz CT molecular complexity index is 434. The van der Waals surface area contributed by atoms with Crippen LogP contribution in [0.5, 0.6) is 0 Å². The summed E-state index contributed by atoms with van der Waals surface area (Å²) in [5.41, 5.74) is -0.543. The highest BCUT2D eigenvalue weighted by atomic mass is 16.2. The van der Waals surface area contributed by atoms with E-state index in [1.807, 2.05) is 0 Å². The fraction of sp³-hybridized carbons (Fsp3) is 0.895. The summed E-state index contributed by atoms with van der Waals surface area (Å²) in [6, 6.07) is 0. The number of amides is 2. The fourth-order valence-corrected chi connectivity index (χ4v) is 4.65. The highest BCUT2D eigenvalue weighted by Gasteiger charge is 2.43. The van der Waals surface area contributed by atoms with Crippen molar-refractivity contribution in [2.45, 2.75) is 64.2 Å². The SMILES string of the molecule is O=C(CC1(C(=O)NCC2CCCC2)CCNC1)NCC1CCCC1. The van der Waals surface area contributed by atoms with E-state index in [4.69, 9.17) is 0 Å². The first-order valence-electron chi connectivity index (χ1n) is 9.94. The van der Waals surface area contributed by atoms with Crippen LogP contribution in [0.25, 0.3) is 0 Å². The topological polar surface area (TPSA) is 70.2 Å². The normalized spacial score (nSPS) is 28.3. The van der Waals surface area contributed by atoms with Crippen molar-refractivity contribution in [3.63, 3.8) is 0 Å². The van der Waals surface area contributed by atoms with E-state index in [0.717, 1.165) is 26.1 Å². The maximum Gasteiger partial charge on any atom is 0.228 e. The molecule has 0 bridgehead atoms. The lowest BCUT2D eigenvalue weighted by Gasteiger charge is -2.27. The highest BCUT2D eigenvalue weighted by Crippen LogP contribution is 2.31. The van der Waals surface area contributed by atoms with Gasteiger partial charge in [0.2, 0.25) is 11.8 Å². The standard InChI is InChI=1S/C19H33N3O2/c23-17(21-12-15-5-1-2-6-15)11-19(9-10-20-14-19)18(24)22-13-16-7-3-4-8-16/h15-16,20H,1-14H2,(H,21,23)(H,22,24). The van der Waals surface area contributed by atoms with Gasteiger partial charge in [-0.15, -0.1) is 0 Å². The summed E-state index contributed by atoms with van der Waals surface area (Å²) in [5.74, 6) is 1.40. The summed E-state index contributed by atoms with van der Waals surface area (Å²) >= 11 is 0. The van der Waals surface area contributed by atoms with Crippen LogP contribution in [-0.2, 0) is 9.59 Å². The lowest BCUT2D eigenvalue weighted by Crippen LogP contribution is -2.47. The third kappa shape index (κ3) is 4.50. The zero-order chi connectivity index (χ0) is 16.8. The lowest BCUT2D eigenvalue weighted by molar-refractivity contribution is -0.135. The van der Waals surface area contributed by atoms with Crippen molar-refractivity contribution in [3.05, 3.63) is 0 Å². The summed E-state index contributed by atoms with van der Waals surface area (Å²) in [6.45, 7) is 3.02. The molecule has 136 valence electrons. The van der Waals surface area contributed by atoms with Crippen LogP contribution in [0.15, 0.2) is 0 Å². The van der Waals surface area contributed by atoms with Crippen LogP contribution in [0, 0.1) is 17.3 Å². The number of hydrogen-bond acceptors (Lipinski definition) is 3. The van der Waals surface area contributed by atoms with E-state index in [2.05, 4.69) is 16.0 Å². The van der Waals surface area contributed by atoms with Crippen LogP contribution >= 0.6 is 0 Å². The zero-order valence-corrected chi connectivity index (χ0v) is 14.9. The van der Waals surface area contributed by atoms with Gasteiger partial charge in [-0.25, -0.2) is 0 Å². The predicted octanol–water partition coefficient (Wildman–Crippen LogP) is 1.97. The number of carbonyl (C=O) groups is 2. The van der Waals surface area contributed by atoms with Gasteiger partial charge >= 0.3 is 0 Å². The molecule has 1 unspecified atom stereocenters. The van der Waals surface area contributed by atoms with Gasteiger partial charge in [0.05, 0.1) is 5.41 Å². The Morgan fingerprint density at radius 2 is 1.50 bits per heavy atom. The molecule has 0 aromatic rings. The average molecular weight is 335 g/mol. The lowest BCUT2D eigenvalue weighted by atomic mass is 9.82. The fourth-order valence-electron chi connectivity index (χ4n) is 4.65. The highest BCUT2D eigenvalue weighted by molar-refractivity contribution is 5.89. The van der Waals surface area contributed by atoms with E-state index in [1.165, 1.54) is 51.4 Å². The molecule has 2 saturated carbocycles. The van der Waals surface area contributed by atoms with Crippen LogP contribution in [0.3, 0.4) is 0 Å². The Morgan fingerprint density at radius 1 is 0.917 bits per heavy atom. The van der Waals surface area contributed by atoms with Crippen molar-refractivity contribution < 1.29 is 9.59 Å². The molecule has 2 amide bonds. The third-order valence-electron chi connectivity index (χ3n) is 6.31. The maximum atomic E-state index is 12.8. The Kier molecular flexibility index (Phi) is 6.14. The second-order valence-corrected chi connectivity index (χ2v) is 8.20. The molecule has 2 aliphatic carbocycles. The Hall–Kier alpha value is -1.10. The van der Waals surface area contributed by atoms with Crippen LogP contribution in [0.2, 0.25) is 0 Å². The van der Waals surface area contributed by atoms with Crippen molar-refractivity contribution in [1.29, 1.82) is 0 Å². The molecule has 1 atom stereocenters. The minimum Gasteiger partial charge on any atom is -0.356 e. The average Bonchev–Trinajstić information content (AvgIpc) is 3.32. The molecule has 0 aromatic heterocycles. The molecule has 1 saturated heterocycles. The minimum absolute atomic E-state index is 0.0432. The first-order chi connectivity index (χ1) is 11.7. The number of nitrogens with one attached hydrogen (secondary N) is 3. The Morgan fingerprint density at radius 3 is 2.04 bits per heavy atom. The smallest absolute Gasteiger partial charge is 0.228 e. The second kappa shape index (κ2) is 8.32. The van der Waals surface area contributed by atoms with E-state index in [9.17, 15) is 9.59 Å². The number of hydrogen-bond donors (Lipinski definition) is 3. The molecule has 3 aliphatic rings. The van der Waals surface area contributed by atoms with Crippen molar-refractivity contribution in [3.8, 4) is 0 Å². The van der Waals surface area contributed by atoms with Crippen LogP contribution in [0.1, 0.15) is 64.2 Å². The van der Waals surface area contributed by atoms with Crippen molar-refractivity contribution in [2.24, 2.45) is 17.3 Å². The molecule has 0 radical (unpaired) electrons. The molecule has 3 N–H and O–H groups in total. The molecular weight excluding hydrogens is 302 g/mol. The molecule has 5 nitrogen and oxygen atoms in total. The third-order valence-corrected chi connectivity index (χ3v) is 6.31. The number of carbonyl (C=O) groups excluding carboxylic acids is 2. The maximum absolute atomic E-state index is 12.8. The van der Waals surface area contributed by atoms with Crippen molar-refractivity contribution >= 4 is 11.8 Å². The molecule has 5 heteroatoms. The van der Waals surface area contributed by atoms with Crippen molar-refractivity contribution in [2.75, 3.05) is 26.2 Å². The predicted molar refractivity (Wildman–Crippen MR) is 94.5 cm³/mol. The summed E-state index contributed by atoms with van der Waals surface area (Å²) in [7, 11) is 0. The minimum atomic E-state index is -0.543. The van der Waals surface area contributed by atoms with Gasteiger partial charge < -0.3 is 16.0 Å². The summed E-state index contributed by atoms with van der Waals surface area (Å²) in [4.78, 5) is 25.2. The summed E-state index contributed by atoms with van der Waals surface area (Å²) in [5, 5.41) is 9.52. The molecule has 0 spiro atoms. The quantitative estimate of drug-likeness (QED) is 0.666. The zero-order valence-electron chi connectivity index (χ0n) is 14.9. The molecule has 3 rings (SSSR count). The second-order valence-electron chi connectivity index (χ2n) is 8.20. The molecule has 1 heterocycles. The summed E-state index contributed by atoms with van der Waals surface area (Å²) in [6.07, 6.45) is 11.2. The van der Waals surface area contributed by atoms with Gasteiger partial charge in [-0.05, 0) is 50.5 Å². The largest absolute Gasteiger partial charge is 0.356 e. The Balaban J connectivity index is 1.47. The van der Waals surface area contributed by atoms with E-state index in [1.54, 1.807) is 0 Å². The van der Waals surface area contributed by atoms with Crippen LogP contribution < -0.4 is 16.0 Å². The van der Waals surface area contributed by atoms with Gasteiger partial charge in [0.15, 0.2) is 0 Å². The van der Waals surface area contributed by atoms with Gasteiger partial charge in [-0.2, -0.15) is 0 Å². The van der Waals surface area contributed by atoms with Crippen LogP contribution in [0.4, 0.5) is 0 Å². The number of rotatable bonds is 7. The summed E-state index contributed by atoms with van der Waals surface area (Å²) < 4.78 is 0. The molecular formula is C19H33N3O2. The van der Waals surface area contributed by atoms with Gasteiger partial charge in [0.25, 0.3) is 0 Å². The van der Waals surface area contributed by atoms with Gasteiger partial charge in [0.1, 0.15) is 0 Å². The molecule has 1 aliphatic heterocycles. The first-order valence-corrected chi connectivity index (χ1v) is 9.94. The van der Waals surface area contributed by atoms with Gasteiger partial charge in [0, 0.05) is 26.1 Å². The van der Waals surface area contributed by atoms with Crippen molar-refractivity contribution in [1.82, 2.24) is 16.0 Å². The monoisotopic (exact) mass is 335 g/mol. The molecule has 3 fully saturated rings. The van der Waals surface area contributed by atoms with E-state index in [-0.39, 0.29) is 11.8 Å². The van der Waals surface area contributed by atoms with Gasteiger partial charge in [-0.1, -0.05) is 25.7 Å². The Labute approximate surface area is 145 Å². The van der Waals surface area contributed by atoms with Gasteiger partial charge in [-0.3, -0.25) is 9.59 Å². The van der Waals surface area contributed by atoms with E-state index >= 15 is 0 Å². The first kappa shape index (κ1) is 17.7. The van der Waals surface area contributed by atoms with Crippen LogP contribution in [-0.4, -0.2) is 38.0 Å².